The fraction of sp³-hybridized carbons (Fsp3) is 0.333. The number of aryl methyl sites for hydroxylation is 1. The molecule has 7 heteroatoms. The first-order chi connectivity index (χ1) is 15.1. The van der Waals surface area contributed by atoms with Crippen LogP contribution in [0.2, 0.25) is 0 Å². The molecule has 31 heavy (non-hydrogen) atoms. The van der Waals surface area contributed by atoms with E-state index in [4.69, 9.17) is 4.74 Å². The first-order valence-corrected chi connectivity index (χ1v) is 10.4. The summed E-state index contributed by atoms with van der Waals surface area (Å²) in [5.74, 6) is -0.127. The Kier molecular flexibility index (Phi) is 6.11. The third-order valence-corrected chi connectivity index (χ3v) is 5.55. The average Bonchev–Trinajstić information content (AvgIpc) is 2.78. The van der Waals surface area contributed by atoms with E-state index < -0.39 is 11.9 Å². The number of hydrogen-bond donors (Lipinski definition) is 0. The van der Waals surface area contributed by atoms with E-state index in [0.717, 1.165) is 43.5 Å². The van der Waals surface area contributed by atoms with Gasteiger partial charge in [0.2, 0.25) is 0 Å². The molecule has 0 saturated heterocycles. The van der Waals surface area contributed by atoms with Gasteiger partial charge in [-0.15, -0.1) is 0 Å². The van der Waals surface area contributed by atoms with Crippen LogP contribution in [0.15, 0.2) is 47.3 Å². The maximum absolute atomic E-state index is 12.9. The lowest BCUT2D eigenvalue weighted by atomic mass is 10.1. The highest BCUT2D eigenvalue weighted by Crippen LogP contribution is 2.17. The number of methoxy groups -OCH3 is 1. The van der Waals surface area contributed by atoms with Gasteiger partial charge in [-0.2, -0.15) is 0 Å². The summed E-state index contributed by atoms with van der Waals surface area (Å²) in [5.41, 5.74) is 2.00. The van der Waals surface area contributed by atoms with Crippen LogP contribution in [0.5, 0.6) is 0 Å². The summed E-state index contributed by atoms with van der Waals surface area (Å²) in [7, 11) is 1.32. The number of carbonyl (C=O) groups excluding carboxylic acids is 2. The molecule has 160 valence electrons. The Morgan fingerprint density at radius 1 is 0.968 bits per heavy atom. The minimum atomic E-state index is -0.493. The van der Waals surface area contributed by atoms with Gasteiger partial charge in [0.05, 0.1) is 29.1 Å². The van der Waals surface area contributed by atoms with Gasteiger partial charge in [0.15, 0.2) is 0 Å². The number of aromatic nitrogens is 2. The maximum atomic E-state index is 12.9. The number of fused-ring (bicyclic) bond motifs is 2. The molecule has 1 aliphatic heterocycles. The molecule has 4 rings (SSSR count). The molecule has 0 fully saturated rings. The van der Waals surface area contributed by atoms with Gasteiger partial charge in [0.25, 0.3) is 5.56 Å². The van der Waals surface area contributed by atoms with Gasteiger partial charge in [0, 0.05) is 13.0 Å². The fourth-order valence-corrected chi connectivity index (χ4v) is 3.81. The first kappa shape index (κ1) is 20.8. The largest absolute Gasteiger partial charge is 0.465 e. The van der Waals surface area contributed by atoms with E-state index in [1.165, 1.54) is 7.11 Å². The maximum Gasteiger partial charge on any atom is 0.338 e. The Labute approximate surface area is 179 Å². The van der Waals surface area contributed by atoms with Crippen LogP contribution in [0, 0.1) is 0 Å². The number of esters is 2. The van der Waals surface area contributed by atoms with E-state index in [0.29, 0.717) is 28.6 Å². The van der Waals surface area contributed by atoms with E-state index in [-0.39, 0.29) is 12.2 Å². The molecule has 0 saturated carbocycles. The molecular formula is C24H24N2O5. The molecule has 0 amide bonds. The Hall–Kier alpha value is -3.48. The molecule has 7 nitrogen and oxygen atoms in total. The number of hydrogen-bond acceptors (Lipinski definition) is 6. The summed E-state index contributed by atoms with van der Waals surface area (Å²) >= 11 is 0. The Bertz CT molecular complexity index is 1180. The Morgan fingerprint density at radius 2 is 1.71 bits per heavy atom. The van der Waals surface area contributed by atoms with Crippen molar-refractivity contribution in [3.8, 4) is 0 Å². The molecule has 0 atom stereocenters. The van der Waals surface area contributed by atoms with E-state index in [9.17, 15) is 14.4 Å². The second-order valence-corrected chi connectivity index (χ2v) is 7.65. The summed E-state index contributed by atoms with van der Waals surface area (Å²) in [6, 6.07) is 11.5. The van der Waals surface area contributed by atoms with Crippen LogP contribution in [-0.4, -0.2) is 28.6 Å². The minimum Gasteiger partial charge on any atom is -0.465 e. The van der Waals surface area contributed by atoms with Crippen LogP contribution in [0.25, 0.3) is 10.9 Å². The van der Waals surface area contributed by atoms with Crippen molar-refractivity contribution in [3.05, 3.63) is 75.3 Å². The molecule has 1 aliphatic rings. The SMILES string of the molecule is COC(=O)c1ccc(COC(=O)c2ccc3c(=O)n4c(nc3c2)CCCCCC4)cc1. The summed E-state index contributed by atoms with van der Waals surface area (Å²) in [6.45, 7) is 0.758. The van der Waals surface area contributed by atoms with E-state index in [2.05, 4.69) is 9.72 Å². The van der Waals surface area contributed by atoms with Crippen molar-refractivity contribution < 1.29 is 19.1 Å². The standard InChI is InChI=1S/C24H24N2O5/c1-30-23(28)17-9-7-16(8-10-17)15-31-24(29)18-11-12-19-20(14-18)25-21-6-4-2-3-5-13-26(21)22(19)27/h7-12,14H,2-6,13,15H2,1H3. The van der Waals surface area contributed by atoms with E-state index >= 15 is 0 Å². The topological polar surface area (TPSA) is 87.5 Å². The number of benzene rings is 2. The second-order valence-electron chi connectivity index (χ2n) is 7.65. The predicted molar refractivity (Wildman–Crippen MR) is 115 cm³/mol. The Balaban J connectivity index is 1.52. The van der Waals surface area contributed by atoms with E-state index in [1.54, 1.807) is 47.0 Å². The first-order valence-electron chi connectivity index (χ1n) is 10.4. The van der Waals surface area contributed by atoms with Crippen molar-refractivity contribution in [1.82, 2.24) is 9.55 Å². The molecule has 0 bridgehead atoms. The van der Waals surface area contributed by atoms with Gasteiger partial charge in [-0.05, 0) is 48.7 Å². The molecule has 2 heterocycles. The average molecular weight is 420 g/mol. The third-order valence-electron chi connectivity index (χ3n) is 5.55. The predicted octanol–water partition coefficient (Wildman–Crippen LogP) is 3.66. The van der Waals surface area contributed by atoms with Gasteiger partial charge < -0.3 is 9.47 Å². The molecule has 0 radical (unpaired) electrons. The molecule has 0 aliphatic carbocycles. The highest BCUT2D eigenvalue weighted by molar-refractivity contribution is 5.94. The van der Waals surface area contributed by atoms with Crippen LogP contribution in [-0.2, 0) is 29.0 Å². The van der Waals surface area contributed by atoms with Crippen LogP contribution >= 0.6 is 0 Å². The van der Waals surface area contributed by atoms with Crippen molar-refractivity contribution in [3.63, 3.8) is 0 Å². The normalized spacial score (nSPS) is 13.7. The lowest BCUT2D eigenvalue weighted by Crippen LogP contribution is -2.26. The van der Waals surface area contributed by atoms with Crippen molar-refractivity contribution in [1.29, 1.82) is 0 Å². The zero-order chi connectivity index (χ0) is 21.8. The quantitative estimate of drug-likeness (QED) is 0.599. The van der Waals surface area contributed by atoms with Crippen LogP contribution in [0.1, 0.15) is 57.8 Å². The lowest BCUT2D eigenvalue weighted by molar-refractivity contribution is 0.0471. The van der Waals surface area contributed by atoms with Crippen LogP contribution < -0.4 is 5.56 Å². The van der Waals surface area contributed by atoms with Gasteiger partial charge in [0.1, 0.15) is 12.4 Å². The highest BCUT2D eigenvalue weighted by atomic mass is 16.5. The zero-order valence-corrected chi connectivity index (χ0v) is 17.4. The molecule has 0 unspecified atom stereocenters. The van der Waals surface area contributed by atoms with Crippen LogP contribution in [0.3, 0.4) is 0 Å². The monoisotopic (exact) mass is 420 g/mol. The molecule has 1 aromatic heterocycles. The fourth-order valence-electron chi connectivity index (χ4n) is 3.81. The molecule has 0 spiro atoms. The smallest absolute Gasteiger partial charge is 0.338 e. The number of carbonyl (C=O) groups is 2. The summed E-state index contributed by atoms with van der Waals surface area (Å²) in [4.78, 5) is 41.6. The van der Waals surface area contributed by atoms with Gasteiger partial charge in [-0.1, -0.05) is 25.0 Å². The third kappa shape index (κ3) is 4.50. The Morgan fingerprint density at radius 3 is 2.48 bits per heavy atom. The lowest BCUT2D eigenvalue weighted by Gasteiger charge is -2.16. The van der Waals surface area contributed by atoms with Crippen molar-refractivity contribution in [2.45, 2.75) is 45.3 Å². The molecular weight excluding hydrogens is 396 g/mol. The highest BCUT2D eigenvalue weighted by Gasteiger charge is 2.15. The second kappa shape index (κ2) is 9.12. The van der Waals surface area contributed by atoms with Crippen molar-refractivity contribution in [2.75, 3.05) is 7.11 Å². The number of ether oxygens (including phenoxy) is 2. The summed E-state index contributed by atoms with van der Waals surface area (Å²) in [6.07, 6.45) is 5.02. The molecule has 3 aromatic rings. The van der Waals surface area contributed by atoms with E-state index in [1.807, 2.05) is 0 Å². The van der Waals surface area contributed by atoms with Gasteiger partial charge in [-0.25, -0.2) is 14.6 Å². The van der Waals surface area contributed by atoms with Crippen molar-refractivity contribution >= 4 is 22.8 Å². The minimum absolute atomic E-state index is 0.0486. The number of nitrogens with zero attached hydrogens (tertiary/aromatic N) is 2. The molecule has 0 N–H and O–H groups in total. The number of rotatable bonds is 4. The summed E-state index contributed by atoms with van der Waals surface area (Å²) < 4.78 is 11.8. The van der Waals surface area contributed by atoms with Gasteiger partial charge in [-0.3, -0.25) is 9.36 Å². The molecule has 2 aromatic carbocycles. The zero-order valence-electron chi connectivity index (χ0n) is 17.4. The summed E-state index contributed by atoms with van der Waals surface area (Å²) in [5, 5.41) is 0.513. The van der Waals surface area contributed by atoms with Crippen molar-refractivity contribution in [2.24, 2.45) is 0 Å². The van der Waals surface area contributed by atoms with Crippen LogP contribution in [0.4, 0.5) is 0 Å². The van der Waals surface area contributed by atoms with Gasteiger partial charge >= 0.3 is 11.9 Å².